The van der Waals surface area contributed by atoms with Gasteiger partial charge in [-0.1, -0.05) is 6.58 Å². The highest BCUT2D eigenvalue weighted by atomic mass is 32.2. The first-order valence-corrected chi connectivity index (χ1v) is 8.93. The third-order valence-electron chi connectivity index (χ3n) is 3.70. The molecule has 122 valence electrons. The van der Waals surface area contributed by atoms with Crippen LogP contribution in [0.25, 0.3) is 0 Å². The molecule has 1 aliphatic rings. The van der Waals surface area contributed by atoms with Crippen LogP contribution in [0.2, 0.25) is 0 Å². The second kappa shape index (κ2) is 7.06. The molecule has 8 heteroatoms. The van der Waals surface area contributed by atoms with Gasteiger partial charge in [0.1, 0.15) is 0 Å². The van der Waals surface area contributed by atoms with E-state index in [1.54, 1.807) is 10.9 Å². The second-order valence-corrected chi connectivity index (χ2v) is 7.23. The molecule has 0 aliphatic heterocycles. The molecule has 22 heavy (non-hydrogen) atoms. The Hall–Kier alpha value is -1.67. The standard InChI is InChI=1S/C14H21N3O4S/c1-3-21-12-10-11(14(12)17-8-5-7-15-17)16-13(18)6-9-22(19,20)4-2/h4-5,7-8,11-12,14H,2-3,6,9-10H2,1H3,(H,16,18). The van der Waals surface area contributed by atoms with Crippen molar-refractivity contribution < 1.29 is 17.9 Å². The molecule has 0 aromatic carbocycles. The predicted molar refractivity (Wildman–Crippen MR) is 81.8 cm³/mol. The first-order chi connectivity index (χ1) is 10.5. The fourth-order valence-electron chi connectivity index (χ4n) is 2.53. The van der Waals surface area contributed by atoms with E-state index >= 15 is 0 Å². The van der Waals surface area contributed by atoms with Crippen LogP contribution >= 0.6 is 0 Å². The Bertz CT molecular complexity index is 612. The zero-order chi connectivity index (χ0) is 16.2. The normalized spacial score (nSPS) is 24.5. The zero-order valence-electron chi connectivity index (χ0n) is 12.5. The minimum atomic E-state index is -3.35. The van der Waals surface area contributed by atoms with Crippen molar-refractivity contribution in [3.63, 3.8) is 0 Å². The molecular weight excluding hydrogens is 306 g/mol. The lowest BCUT2D eigenvalue weighted by atomic mass is 9.82. The van der Waals surface area contributed by atoms with Crippen molar-refractivity contribution in [2.75, 3.05) is 12.4 Å². The lowest BCUT2D eigenvalue weighted by molar-refractivity contribution is -0.125. The fraction of sp³-hybridized carbons (Fsp3) is 0.571. The Kier molecular flexibility index (Phi) is 5.36. The highest BCUT2D eigenvalue weighted by Gasteiger charge is 2.44. The van der Waals surface area contributed by atoms with Crippen molar-refractivity contribution in [1.29, 1.82) is 0 Å². The lowest BCUT2D eigenvalue weighted by Crippen LogP contribution is -2.57. The number of hydrogen-bond donors (Lipinski definition) is 1. The van der Waals surface area contributed by atoms with Crippen LogP contribution in [0, 0.1) is 0 Å². The van der Waals surface area contributed by atoms with E-state index in [1.807, 2.05) is 19.2 Å². The van der Waals surface area contributed by atoms with E-state index in [0.29, 0.717) is 13.0 Å². The maximum atomic E-state index is 11.9. The highest BCUT2D eigenvalue weighted by Crippen LogP contribution is 2.35. The number of rotatable bonds is 8. The molecule has 0 bridgehead atoms. The van der Waals surface area contributed by atoms with Gasteiger partial charge < -0.3 is 10.1 Å². The molecule has 0 spiro atoms. The molecule has 3 atom stereocenters. The Morgan fingerprint density at radius 1 is 1.59 bits per heavy atom. The van der Waals surface area contributed by atoms with Crippen LogP contribution in [0.15, 0.2) is 30.4 Å². The SMILES string of the molecule is C=CS(=O)(=O)CCC(=O)NC1CC(OCC)C1n1cccn1. The van der Waals surface area contributed by atoms with Gasteiger partial charge in [-0.15, -0.1) is 0 Å². The van der Waals surface area contributed by atoms with Crippen LogP contribution in [0.4, 0.5) is 0 Å². The molecule has 1 amide bonds. The van der Waals surface area contributed by atoms with Gasteiger partial charge in [-0.05, 0) is 19.4 Å². The van der Waals surface area contributed by atoms with Gasteiger partial charge in [-0.3, -0.25) is 9.48 Å². The summed E-state index contributed by atoms with van der Waals surface area (Å²) in [6.07, 6.45) is 4.13. The number of hydrogen-bond acceptors (Lipinski definition) is 5. The lowest BCUT2D eigenvalue weighted by Gasteiger charge is -2.44. The van der Waals surface area contributed by atoms with E-state index in [-0.39, 0.29) is 36.3 Å². The monoisotopic (exact) mass is 327 g/mol. The molecule has 0 radical (unpaired) electrons. The largest absolute Gasteiger partial charge is 0.376 e. The summed E-state index contributed by atoms with van der Waals surface area (Å²) in [5, 5.41) is 7.94. The summed E-state index contributed by atoms with van der Waals surface area (Å²) in [5.74, 6) is -0.515. The van der Waals surface area contributed by atoms with Crippen LogP contribution in [0.3, 0.4) is 0 Å². The third-order valence-corrected chi connectivity index (χ3v) is 4.99. The molecule has 1 N–H and O–H groups in total. The number of aromatic nitrogens is 2. The van der Waals surface area contributed by atoms with Crippen LogP contribution in [0.1, 0.15) is 25.8 Å². The number of amides is 1. The summed E-state index contributed by atoms with van der Waals surface area (Å²) < 4.78 is 30.1. The van der Waals surface area contributed by atoms with E-state index in [2.05, 4.69) is 17.0 Å². The van der Waals surface area contributed by atoms with Crippen LogP contribution in [-0.2, 0) is 19.4 Å². The minimum Gasteiger partial charge on any atom is -0.376 e. The number of sulfone groups is 1. The summed E-state index contributed by atoms with van der Waals surface area (Å²) in [6, 6.07) is 1.65. The van der Waals surface area contributed by atoms with E-state index in [9.17, 15) is 13.2 Å². The van der Waals surface area contributed by atoms with Gasteiger partial charge in [-0.2, -0.15) is 5.10 Å². The predicted octanol–water partition coefficient (Wildman–Crippen LogP) is 0.666. The summed E-state index contributed by atoms with van der Waals surface area (Å²) in [4.78, 5) is 11.9. The fourth-order valence-corrected chi connectivity index (χ4v) is 3.16. The van der Waals surface area contributed by atoms with Gasteiger partial charge in [-0.25, -0.2) is 8.42 Å². The van der Waals surface area contributed by atoms with Gasteiger partial charge in [0.05, 0.1) is 23.9 Å². The molecule has 2 rings (SSSR count). The molecule has 1 fully saturated rings. The Labute approximate surface area is 130 Å². The summed E-state index contributed by atoms with van der Waals surface area (Å²) in [5.41, 5.74) is 0. The number of nitrogens with zero attached hydrogens (tertiary/aromatic N) is 2. The molecule has 1 heterocycles. The van der Waals surface area contributed by atoms with Crippen molar-refractivity contribution in [2.45, 2.75) is 38.0 Å². The second-order valence-electron chi connectivity index (χ2n) is 5.16. The van der Waals surface area contributed by atoms with Crippen molar-refractivity contribution in [3.05, 3.63) is 30.4 Å². The molecular formula is C14H21N3O4S. The molecule has 7 nitrogen and oxygen atoms in total. The van der Waals surface area contributed by atoms with Gasteiger partial charge >= 0.3 is 0 Å². The molecule has 3 unspecified atom stereocenters. The average molecular weight is 327 g/mol. The highest BCUT2D eigenvalue weighted by molar-refractivity contribution is 7.94. The topological polar surface area (TPSA) is 90.3 Å². The number of nitrogens with one attached hydrogen (secondary N) is 1. The van der Waals surface area contributed by atoms with Crippen LogP contribution < -0.4 is 5.32 Å². The zero-order valence-corrected chi connectivity index (χ0v) is 13.3. The maximum absolute atomic E-state index is 11.9. The molecule has 1 aromatic heterocycles. The smallest absolute Gasteiger partial charge is 0.221 e. The van der Waals surface area contributed by atoms with Crippen molar-refractivity contribution in [1.82, 2.24) is 15.1 Å². The van der Waals surface area contributed by atoms with Gasteiger partial charge in [0.25, 0.3) is 0 Å². The third kappa shape index (κ3) is 3.95. The quantitative estimate of drug-likeness (QED) is 0.758. The first-order valence-electron chi connectivity index (χ1n) is 7.22. The van der Waals surface area contributed by atoms with Gasteiger partial charge in [0.2, 0.25) is 5.91 Å². The molecule has 1 saturated carbocycles. The maximum Gasteiger partial charge on any atom is 0.221 e. The van der Waals surface area contributed by atoms with E-state index < -0.39 is 9.84 Å². The molecule has 1 aromatic rings. The summed E-state index contributed by atoms with van der Waals surface area (Å²) in [7, 11) is -3.35. The van der Waals surface area contributed by atoms with E-state index in [0.717, 1.165) is 5.41 Å². The van der Waals surface area contributed by atoms with Crippen molar-refractivity contribution >= 4 is 15.7 Å². The Morgan fingerprint density at radius 2 is 2.36 bits per heavy atom. The summed E-state index contributed by atoms with van der Waals surface area (Å²) >= 11 is 0. The number of carbonyl (C=O) groups excluding carboxylic acids is 1. The Morgan fingerprint density at radius 3 is 2.95 bits per heavy atom. The Balaban J connectivity index is 1.92. The van der Waals surface area contributed by atoms with Crippen molar-refractivity contribution in [3.8, 4) is 0 Å². The number of carbonyl (C=O) groups is 1. The van der Waals surface area contributed by atoms with E-state index in [1.165, 1.54) is 0 Å². The summed E-state index contributed by atoms with van der Waals surface area (Å²) in [6.45, 7) is 5.75. The van der Waals surface area contributed by atoms with Gasteiger partial charge in [0, 0.05) is 30.8 Å². The minimum absolute atomic E-state index is 0.00658. The van der Waals surface area contributed by atoms with Crippen LogP contribution in [-0.4, -0.2) is 48.6 Å². The number of ether oxygens (including phenoxy) is 1. The molecule has 0 saturated heterocycles. The van der Waals surface area contributed by atoms with E-state index in [4.69, 9.17) is 4.74 Å². The first kappa shape index (κ1) is 16.7. The van der Waals surface area contributed by atoms with Crippen molar-refractivity contribution in [2.24, 2.45) is 0 Å². The average Bonchev–Trinajstić information content (AvgIpc) is 2.97. The van der Waals surface area contributed by atoms with Crippen LogP contribution in [0.5, 0.6) is 0 Å². The van der Waals surface area contributed by atoms with Gasteiger partial charge in [0.15, 0.2) is 9.84 Å². The molecule has 1 aliphatic carbocycles.